The van der Waals surface area contributed by atoms with E-state index in [1.807, 2.05) is 6.92 Å². The number of halogens is 4. The van der Waals surface area contributed by atoms with E-state index < -0.39 is 222 Å². The molecule has 17 atom stereocenters. The highest BCUT2D eigenvalue weighted by atomic mass is 19.1. The molecule has 6 saturated heterocycles. The standard InChI is InChI=1S/C79H98F4N14O17/c1-11-47-16-20-56(21-17-47)87-79(112)89-58(30-49-26-51(80)33-52(81)27-49)68(101)90-64-45(8)113-76(109)62-25-40(3)36-95(62)70(103)41(4)85-67(100)44(7)93(73(106)60-13-12-23-94(60)74(64)107)24-22-48-32-63-77(110)114-46(9)65(75(108)97-38-57(98)35-61(97)72(105)92(10)43(6)66(99)84-42(5)71(104)96(63)37-48)91-69(102)59(31-50-28-53(82)34-54(83)29-50)88-78(111)86-55-18-14-39(2)15-19-55/h14-21,26-29,33-34,40-46,48,57-65,98H,11-13,22-25,30-32,35-38H2,1-10H3,(H,84,99)(H,85,100)(H,90,101)(H,91,102)(H2,86,88,111)(H2,87,89,112)/t40-,41-,42-,43-,44-,45-,46-,48-,57+,58-,59-,60-,61-,62?,63-,64-,65-/m0/s1. The number of carbonyl (C=O) groups is 14. The van der Waals surface area contributed by atoms with E-state index in [-0.39, 0.29) is 87.4 Å². The Balaban J connectivity index is 0.961. The van der Waals surface area contributed by atoms with Crippen molar-refractivity contribution in [1.29, 1.82) is 0 Å². The highest BCUT2D eigenvalue weighted by molar-refractivity contribution is 6.01. The lowest BCUT2D eigenvalue weighted by Gasteiger charge is -2.37. The first kappa shape index (κ1) is 85.2. The lowest BCUT2D eigenvalue weighted by Crippen LogP contribution is -2.62. The molecular weight excluding hydrogens is 1490 g/mol. The van der Waals surface area contributed by atoms with Crippen molar-refractivity contribution in [2.45, 2.75) is 211 Å². The first-order valence-corrected chi connectivity index (χ1v) is 38.3. The number of benzene rings is 4. The largest absolute Gasteiger partial charge is 0.458 e. The van der Waals surface area contributed by atoms with Gasteiger partial charge in [-0.1, -0.05) is 43.7 Å². The van der Waals surface area contributed by atoms with Crippen molar-refractivity contribution in [2.24, 2.45) is 11.8 Å². The van der Waals surface area contributed by atoms with E-state index in [9.17, 15) is 65.8 Å². The quantitative estimate of drug-likeness (QED) is 0.0575. The van der Waals surface area contributed by atoms with Gasteiger partial charge in [0.25, 0.3) is 0 Å². The third-order valence-corrected chi connectivity index (χ3v) is 21.9. The van der Waals surface area contributed by atoms with Crippen LogP contribution >= 0.6 is 0 Å². The molecule has 0 bridgehead atoms. The summed E-state index contributed by atoms with van der Waals surface area (Å²) >= 11 is 0. The predicted molar refractivity (Wildman–Crippen MR) is 401 cm³/mol. The van der Waals surface area contributed by atoms with Gasteiger partial charge in [-0.2, -0.15) is 0 Å². The summed E-state index contributed by atoms with van der Waals surface area (Å²) in [7, 11) is 1.25. The van der Waals surface area contributed by atoms with Crippen LogP contribution in [0.4, 0.5) is 38.5 Å². The second-order valence-corrected chi connectivity index (χ2v) is 30.6. The molecule has 6 fully saturated rings. The van der Waals surface area contributed by atoms with E-state index in [4.69, 9.17) is 9.47 Å². The summed E-state index contributed by atoms with van der Waals surface area (Å²) < 4.78 is 71.4. The Kier molecular flexibility index (Phi) is 27.4. The number of carbonyl (C=O) groups excluding carboxylic acids is 14. The minimum atomic E-state index is -2.02. The number of esters is 2. The number of hydrogen-bond donors (Lipinski definition) is 9. The van der Waals surface area contributed by atoms with Crippen molar-refractivity contribution in [2.75, 3.05) is 50.4 Å². The zero-order valence-electron chi connectivity index (χ0n) is 65.0. The lowest BCUT2D eigenvalue weighted by atomic mass is 10.00. The molecule has 9 N–H and O–H groups in total. The van der Waals surface area contributed by atoms with Crippen molar-refractivity contribution in [1.82, 2.24) is 61.3 Å². The third kappa shape index (κ3) is 20.4. The molecule has 6 heterocycles. The summed E-state index contributed by atoms with van der Waals surface area (Å²) in [4.78, 5) is 213. The molecule has 0 spiro atoms. The summed E-state index contributed by atoms with van der Waals surface area (Å²) in [6.07, 6.45) is -5.85. The van der Waals surface area contributed by atoms with Crippen molar-refractivity contribution in [3.8, 4) is 0 Å². The molecular formula is C79H98F4N14O17. The number of aryl methyl sites for hydroxylation is 2. The van der Waals surface area contributed by atoms with E-state index in [2.05, 4.69) is 42.5 Å². The fraction of sp³-hybridized carbons (Fsp3) is 0.519. The summed E-state index contributed by atoms with van der Waals surface area (Å²) in [5.74, 6) is -16.8. The maximum Gasteiger partial charge on any atom is 0.329 e. The average Bonchev–Trinajstić information content (AvgIpc) is 1.59. The van der Waals surface area contributed by atoms with Gasteiger partial charge in [-0.05, 0) is 164 Å². The van der Waals surface area contributed by atoms with E-state index in [1.54, 1.807) is 62.4 Å². The number of anilines is 2. The molecule has 6 aliphatic rings. The number of fused-ring (bicyclic) bond motifs is 4. The molecule has 1 unspecified atom stereocenters. The Morgan fingerprint density at radius 1 is 0.526 bits per heavy atom. The maximum atomic E-state index is 15.7. The second-order valence-electron chi connectivity index (χ2n) is 30.6. The molecule has 0 radical (unpaired) electrons. The maximum absolute atomic E-state index is 15.7. The fourth-order valence-corrected chi connectivity index (χ4v) is 15.5. The number of rotatable bonds is 16. The van der Waals surface area contributed by atoms with Gasteiger partial charge < -0.3 is 86.5 Å². The van der Waals surface area contributed by atoms with E-state index in [0.717, 1.165) is 59.9 Å². The number of urea groups is 2. The van der Waals surface area contributed by atoms with Crippen LogP contribution in [0.2, 0.25) is 0 Å². The van der Waals surface area contributed by atoms with Crippen molar-refractivity contribution in [3.63, 3.8) is 0 Å². The molecule has 0 aliphatic carbocycles. The van der Waals surface area contributed by atoms with Gasteiger partial charge in [-0.25, -0.2) is 36.7 Å². The number of aliphatic hydroxyl groups excluding tert-OH is 1. The number of amides is 14. The number of nitrogens with zero attached hydrogens (tertiary/aromatic N) is 6. The number of cyclic esters (lactones) is 2. The third-order valence-electron chi connectivity index (χ3n) is 21.9. The van der Waals surface area contributed by atoms with Gasteiger partial charge in [-0.15, -0.1) is 0 Å². The van der Waals surface area contributed by atoms with Gasteiger partial charge >= 0.3 is 24.0 Å². The Morgan fingerprint density at radius 2 is 0.982 bits per heavy atom. The number of nitrogens with one attached hydrogen (secondary N) is 8. The number of likely N-dealkylation sites (N-methyl/N-ethyl adjacent to an activating group) is 1. The molecule has 114 heavy (non-hydrogen) atoms. The van der Waals surface area contributed by atoms with Gasteiger partial charge in [0.05, 0.1) is 6.10 Å². The second kappa shape index (κ2) is 36.7. The first-order valence-electron chi connectivity index (χ1n) is 38.3. The lowest BCUT2D eigenvalue weighted by molar-refractivity contribution is -0.163. The zero-order chi connectivity index (χ0) is 83.0. The molecule has 14 amide bonds. The first-order chi connectivity index (χ1) is 53.9. The van der Waals surface area contributed by atoms with Crippen LogP contribution in [0, 0.1) is 42.0 Å². The molecule has 35 heteroatoms. The van der Waals surface area contributed by atoms with Gasteiger partial charge in [0.2, 0.25) is 59.1 Å². The molecule has 4 aromatic rings. The average molecular weight is 1590 g/mol. The molecule has 4 aromatic carbocycles. The normalized spacial score (nSPS) is 27.4. The van der Waals surface area contributed by atoms with Crippen LogP contribution in [-0.4, -0.2) is 248 Å². The summed E-state index contributed by atoms with van der Waals surface area (Å²) in [5.41, 5.74) is 2.14. The molecule has 0 aromatic heterocycles. The molecule has 614 valence electrons. The van der Waals surface area contributed by atoms with E-state index in [0.29, 0.717) is 24.2 Å². The van der Waals surface area contributed by atoms with Crippen molar-refractivity contribution < 1.29 is 99.3 Å². The minimum Gasteiger partial charge on any atom is -0.458 e. The van der Waals surface area contributed by atoms with Crippen LogP contribution in [0.1, 0.15) is 116 Å². The van der Waals surface area contributed by atoms with E-state index >= 15 is 24.0 Å². The molecule has 10 rings (SSSR count). The summed E-state index contributed by atoms with van der Waals surface area (Å²) in [5, 5.41) is 31.8. The Hall–Kier alpha value is -11.3. The number of ether oxygens (including phenoxy) is 2. The van der Waals surface area contributed by atoms with Crippen LogP contribution < -0.4 is 42.5 Å². The SMILES string of the molecule is CCc1ccc(NC(=O)N[C@@H](Cc2cc(F)cc(F)c2)C(=O)N[C@@H]2C(=O)N3CCC[C@H]3C(=O)N(CC[C@H]3C[C@H]4C(=O)O[C@@H](C)[C@H](NC(=O)[C@H](Cc5cc(F)cc(F)c5)NC(=O)Nc5ccc(C)cc5)C(=O)N5C[C@H](O)C[C@H]5C(=O)N(C)[C@@H](C)C(=O)N[C@@H](C)C(=O)N4C3)[C@@H](C)C(=O)N[C@@H](C)C(=O)N3C[C@@H](C)CC3C(=O)O[C@H]2C)cc1. The molecule has 0 saturated carbocycles. The van der Waals surface area contributed by atoms with Crippen LogP contribution in [0.15, 0.2) is 84.9 Å². The van der Waals surface area contributed by atoms with Gasteiger partial charge in [-0.3, -0.25) is 47.9 Å². The van der Waals surface area contributed by atoms with Crippen LogP contribution in [-0.2, 0) is 86.3 Å². The van der Waals surface area contributed by atoms with Crippen LogP contribution in [0.5, 0.6) is 0 Å². The van der Waals surface area contributed by atoms with Gasteiger partial charge in [0.15, 0.2) is 0 Å². The molecule has 6 aliphatic heterocycles. The Labute approximate surface area is 656 Å². The fourth-order valence-electron chi connectivity index (χ4n) is 15.5. The monoisotopic (exact) mass is 1590 g/mol. The topological polar surface area (TPSA) is 393 Å². The van der Waals surface area contributed by atoms with Crippen LogP contribution in [0.25, 0.3) is 0 Å². The van der Waals surface area contributed by atoms with Crippen molar-refractivity contribution >= 4 is 94.4 Å². The van der Waals surface area contributed by atoms with Crippen LogP contribution in [0.3, 0.4) is 0 Å². The number of aliphatic hydroxyl groups is 1. The highest BCUT2D eigenvalue weighted by Crippen LogP contribution is 2.33. The highest BCUT2D eigenvalue weighted by Gasteiger charge is 2.51. The van der Waals surface area contributed by atoms with Gasteiger partial charge in [0.1, 0.15) is 108 Å². The van der Waals surface area contributed by atoms with E-state index in [1.165, 1.54) is 53.5 Å². The van der Waals surface area contributed by atoms with Crippen molar-refractivity contribution in [3.05, 3.63) is 130 Å². The summed E-state index contributed by atoms with van der Waals surface area (Å²) in [6, 6.07) is -2.64. The predicted octanol–water partition coefficient (Wildman–Crippen LogP) is 3.01. The Morgan fingerprint density at radius 3 is 1.48 bits per heavy atom. The smallest absolute Gasteiger partial charge is 0.329 e. The minimum absolute atomic E-state index is 0.00948. The number of hydrogen-bond acceptors (Lipinski definition) is 17. The summed E-state index contributed by atoms with van der Waals surface area (Å²) in [6.45, 7) is 12.0. The molecule has 31 nitrogen and oxygen atoms in total. The van der Waals surface area contributed by atoms with Gasteiger partial charge in [0, 0.05) is 82.5 Å². The Bertz CT molecular complexity index is 4310. The zero-order valence-corrected chi connectivity index (χ0v) is 65.0.